The van der Waals surface area contributed by atoms with Gasteiger partial charge in [-0.3, -0.25) is 4.79 Å². The van der Waals surface area contributed by atoms with E-state index in [1.54, 1.807) is 18.2 Å². The van der Waals surface area contributed by atoms with Crippen molar-refractivity contribution in [3.05, 3.63) is 33.3 Å². The summed E-state index contributed by atoms with van der Waals surface area (Å²) in [6.45, 7) is 1.85. The van der Waals surface area contributed by atoms with E-state index in [9.17, 15) is 9.59 Å². The first-order chi connectivity index (χ1) is 10.5. The van der Waals surface area contributed by atoms with E-state index in [-0.39, 0.29) is 24.1 Å². The second-order valence-corrected chi connectivity index (χ2v) is 6.96. The largest absolute Gasteiger partial charge is 0.452 e. The molecule has 1 fully saturated rings. The Morgan fingerprint density at radius 3 is 2.82 bits per heavy atom. The standard InChI is InChI=1S/C16H19BrClNO3/c1-10-4-2-3-5-14(10)19-15(20)9-22-16(21)12-8-11(17)6-7-13(12)18/h6-8,10,14H,2-5,9H2,1H3,(H,19,20). The Balaban J connectivity index is 1.85. The number of esters is 1. The van der Waals surface area contributed by atoms with Gasteiger partial charge in [0.2, 0.25) is 0 Å². The van der Waals surface area contributed by atoms with Gasteiger partial charge < -0.3 is 10.1 Å². The van der Waals surface area contributed by atoms with Crippen molar-refractivity contribution in [3.63, 3.8) is 0 Å². The van der Waals surface area contributed by atoms with Gasteiger partial charge in [-0.25, -0.2) is 4.79 Å². The molecule has 1 aliphatic rings. The summed E-state index contributed by atoms with van der Waals surface area (Å²) in [5, 5.41) is 3.24. The number of amides is 1. The second kappa shape index (κ2) is 7.97. The van der Waals surface area contributed by atoms with Crippen molar-refractivity contribution in [3.8, 4) is 0 Å². The fraction of sp³-hybridized carbons (Fsp3) is 0.500. The zero-order chi connectivity index (χ0) is 16.1. The van der Waals surface area contributed by atoms with Crippen LogP contribution in [-0.2, 0) is 9.53 Å². The van der Waals surface area contributed by atoms with Crippen molar-refractivity contribution in [1.82, 2.24) is 5.32 Å². The lowest BCUT2D eigenvalue weighted by Gasteiger charge is -2.29. The van der Waals surface area contributed by atoms with Crippen LogP contribution < -0.4 is 5.32 Å². The highest BCUT2D eigenvalue weighted by molar-refractivity contribution is 9.10. The highest BCUT2D eigenvalue weighted by Crippen LogP contribution is 2.24. The van der Waals surface area contributed by atoms with E-state index in [0.717, 1.165) is 23.7 Å². The van der Waals surface area contributed by atoms with Gasteiger partial charge in [0.25, 0.3) is 5.91 Å². The van der Waals surface area contributed by atoms with E-state index < -0.39 is 5.97 Å². The number of halogens is 2. The first-order valence-electron chi connectivity index (χ1n) is 7.39. The monoisotopic (exact) mass is 387 g/mol. The molecule has 0 aromatic heterocycles. The quantitative estimate of drug-likeness (QED) is 0.795. The second-order valence-electron chi connectivity index (χ2n) is 5.64. The predicted molar refractivity (Wildman–Crippen MR) is 89.0 cm³/mol. The number of hydrogen-bond donors (Lipinski definition) is 1. The van der Waals surface area contributed by atoms with E-state index in [1.165, 1.54) is 6.42 Å². The van der Waals surface area contributed by atoms with Crippen LogP contribution in [0.1, 0.15) is 43.0 Å². The zero-order valence-electron chi connectivity index (χ0n) is 12.4. The number of benzene rings is 1. The van der Waals surface area contributed by atoms with Crippen LogP contribution >= 0.6 is 27.5 Å². The van der Waals surface area contributed by atoms with Crippen molar-refractivity contribution in [2.75, 3.05) is 6.61 Å². The van der Waals surface area contributed by atoms with Crippen LogP contribution in [0.3, 0.4) is 0 Å². The Morgan fingerprint density at radius 2 is 2.09 bits per heavy atom. The Bertz CT molecular complexity index is 564. The summed E-state index contributed by atoms with van der Waals surface area (Å²) in [6, 6.07) is 5.09. The fourth-order valence-electron chi connectivity index (χ4n) is 2.64. The van der Waals surface area contributed by atoms with Crippen LogP contribution in [0, 0.1) is 5.92 Å². The smallest absolute Gasteiger partial charge is 0.340 e. The van der Waals surface area contributed by atoms with Crippen LogP contribution in [0.4, 0.5) is 0 Å². The molecule has 0 radical (unpaired) electrons. The fourth-order valence-corrected chi connectivity index (χ4v) is 3.20. The molecule has 2 rings (SSSR count). The predicted octanol–water partition coefficient (Wildman–Crippen LogP) is 3.95. The van der Waals surface area contributed by atoms with Crippen LogP contribution in [0.15, 0.2) is 22.7 Å². The molecule has 22 heavy (non-hydrogen) atoms. The molecule has 0 heterocycles. The van der Waals surface area contributed by atoms with E-state index in [4.69, 9.17) is 16.3 Å². The minimum absolute atomic E-state index is 0.175. The molecule has 1 aromatic carbocycles. The minimum Gasteiger partial charge on any atom is -0.452 e. The Labute approximate surface area is 143 Å². The van der Waals surface area contributed by atoms with Gasteiger partial charge in [0.15, 0.2) is 6.61 Å². The van der Waals surface area contributed by atoms with Gasteiger partial charge in [-0.2, -0.15) is 0 Å². The summed E-state index contributed by atoms with van der Waals surface area (Å²) in [5.74, 6) is -0.399. The number of ether oxygens (including phenoxy) is 1. The Kier molecular flexibility index (Phi) is 6.26. The van der Waals surface area contributed by atoms with Gasteiger partial charge in [-0.1, -0.05) is 47.3 Å². The molecule has 2 unspecified atom stereocenters. The van der Waals surface area contributed by atoms with Crippen molar-refractivity contribution in [1.29, 1.82) is 0 Å². The maximum atomic E-state index is 12.0. The van der Waals surface area contributed by atoms with Gasteiger partial charge in [-0.15, -0.1) is 0 Å². The number of nitrogens with one attached hydrogen (secondary N) is 1. The molecule has 2 atom stereocenters. The third kappa shape index (κ3) is 4.71. The van der Waals surface area contributed by atoms with Gasteiger partial charge in [0.1, 0.15) is 0 Å². The van der Waals surface area contributed by atoms with E-state index in [2.05, 4.69) is 28.2 Å². The summed E-state index contributed by atoms with van der Waals surface area (Å²) >= 11 is 9.23. The molecule has 6 heteroatoms. The molecule has 0 bridgehead atoms. The third-order valence-corrected chi connectivity index (χ3v) is 4.76. The third-order valence-electron chi connectivity index (χ3n) is 3.94. The molecule has 1 amide bonds. The zero-order valence-corrected chi connectivity index (χ0v) is 14.7. The Morgan fingerprint density at radius 1 is 1.36 bits per heavy atom. The highest BCUT2D eigenvalue weighted by atomic mass is 79.9. The first-order valence-corrected chi connectivity index (χ1v) is 8.56. The molecule has 0 saturated heterocycles. The minimum atomic E-state index is -0.599. The van der Waals surface area contributed by atoms with Crippen molar-refractivity contribution >= 4 is 39.4 Å². The van der Waals surface area contributed by atoms with E-state index in [1.807, 2.05) is 0 Å². The molecular formula is C16H19BrClNO3. The summed E-state index contributed by atoms with van der Waals surface area (Å²) in [6.07, 6.45) is 4.45. The molecule has 1 aliphatic carbocycles. The molecule has 4 nitrogen and oxygen atoms in total. The lowest BCUT2D eigenvalue weighted by molar-refractivity contribution is -0.125. The SMILES string of the molecule is CC1CCCCC1NC(=O)COC(=O)c1cc(Br)ccc1Cl. The van der Waals surface area contributed by atoms with Gasteiger partial charge in [-0.05, 0) is 37.0 Å². The highest BCUT2D eigenvalue weighted by Gasteiger charge is 2.23. The lowest BCUT2D eigenvalue weighted by Crippen LogP contribution is -2.42. The van der Waals surface area contributed by atoms with Crippen LogP contribution in [0.5, 0.6) is 0 Å². The molecule has 1 N–H and O–H groups in total. The molecule has 1 saturated carbocycles. The summed E-state index contributed by atoms with van der Waals surface area (Å²) in [5.41, 5.74) is 0.245. The molecular weight excluding hydrogens is 370 g/mol. The van der Waals surface area contributed by atoms with Gasteiger partial charge in [0.05, 0.1) is 10.6 Å². The Hall–Kier alpha value is -1.07. The number of carbonyl (C=O) groups is 2. The molecule has 1 aromatic rings. The average Bonchev–Trinajstić information content (AvgIpc) is 2.49. The van der Waals surface area contributed by atoms with E-state index in [0.29, 0.717) is 10.9 Å². The van der Waals surface area contributed by atoms with E-state index >= 15 is 0 Å². The average molecular weight is 389 g/mol. The maximum absolute atomic E-state index is 12.0. The van der Waals surface area contributed by atoms with Crippen LogP contribution in [0.2, 0.25) is 5.02 Å². The first kappa shape index (κ1) is 17.3. The summed E-state index contributed by atoms with van der Waals surface area (Å²) < 4.78 is 5.77. The number of hydrogen-bond acceptors (Lipinski definition) is 3. The van der Waals surface area contributed by atoms with Crippen LogP contribution in [-0.4, -0.2) is 24.5 Å². The van der Waals surface area contributed by atoms with Gasteiger partial charge >= 0.3 is 5.97 Å². The van der Waals surface area contributed by atoms with Gasteiger partial charge in [0, 0.05) is 10.5 Å². The topological polar surface area (TPSA) is 55.4 Å². The van der Waals surface area contributed by atoms with Crippen LogP contribution in [0.25, 0.3) is 0 Å². The molecule has 0 aliphatic heterocycles. The van der Waals surface area contributed by atoms with Crippen molar-refractivity contribution in [2.24, 2.45) is 5.92 Å². The number of carbonyl (C=O) groups excluding carboxylic acids is 2. The maximum Gasteiger partial charge on any atom is 0.340 e. The summed E-state index contributed by atoms with van der Waals surface area (Å²) in [4.78, 5) is 23.9. The van der Waals surface area contributed by atoms with Crippen molar-refractivity contribution < 1.29 is 14.3 Å². The lowest BCUT2D eigenvalue weighted by atomic mass is 9.86. The molecule has 120 valence electrons. The molecule has 0 spiro atoms. The summed E-state index contributed by atoms with van der Waals surface area (Å²) in [7, 11) is 0. The number of rotatable bonds is 4. The van der Waals surface area contributed by atoms with Crippen molar-refractivity contribution in [2.45, 2.75) is 38.6 Å². The normalized spacial score (nSPS) is 21.2.